The molecule has 4 N–H and O–H groups in total. The molecule has 3 rings (SSSR count). The van der Waals surface area contributed by atoms with E-state index < -0.39 is 33.9 Å². The van der Waals surface area contributed by atoms with Crippen molar-refractivity contribution in [3.05, 3.63) is 75.4 Å². The van der Waals surface area contributed by atoms with Crippen LogP contribution in [-0.2, 0) is 10.2 Å². The average Bonchev–Trinajstić information content (AvgIpc) is 2.79. The molecule has 0 radical (unpaired) electrons. The molecule has 0 saturated carbocycles. The number of ether oxygens (including phenoxy) is 1. The molecule has 0 heterocycles. The SMILES string of the molecule is CC(O)CNC(=O)c1c(Nc2ccc(I)cc2F)cc(F)cc1Oc1cccc(NS(=O)(=O)N(C)C)c1. The van der Waals surface area contributed by atoms with E-state index in [1.807, 2.05) is 22.6 Å². The van der Waals surface area contributed by atoms with Gasteiger partial charge < -0.3 is 20.5 Å². The summed E-state index contributed by atoms with van der Waals surface area (Å²) in [5.41, 5.74) is -0.0643. The van der Waals surface area contributed by atoms with Gasteiger partial charge in [-0.2, -0.15) is 12.7 Å². The number of rotatable bonds is 10. The quantitative estimate of drug-likeness (QED) is 0.242. The van der Waals surface area contributed by atoms with E-state index >= 15 is 0 Å². The van der Waals surface area contributed by atoms with E-state index in [-0.39, 0.29) is 40.7 Å². The van der Waals surface area contributed by atoms with Crippen molar-refractivity contribution >= 4 is 55.8 Å². The molecule has 37 heavy (non-hydrogen) atoms. The molecule has 0 aromatic heterocycles. The Kier molecular flexibility index (Phi) is 9.28. The van der Waals surface area contributed by atoms with Crippen molar-refractivity contribution < 1.29 is 31.8 Å². The summed E-state index contributed by atoms with van der Waals surface area (Å²) in [7, 11) is -1.08. The monoisotopic (exact) mass is 646 g/mol. The van der Waals surface area contributed by atoms with Crippen molar-refractivity contribution in [3.8, 4) is 11.5 Å². The molecule has 1 atom stereocenters. The standard InChI is InChI=1S/C24H25F2IN4O5S/c1-14(32)13-28-24(33)23-21(29-20-8-7-16(27)11-19(20)26)9-15(25)10-22(23)36-18-6-4-5-17(12-18)30-37(34,35)31(2)3/h4-12,14,29-30,32H,13H2,1-3H3,(H,28,33). The van der Waals surface area contributed by atoms with Crippen LogP contribution >= 0.6 is 22.6 Å². The van der Waals surface area contributed by atoms with E-state index in [0.29, 0.717) is 3.57 Å². The van der Waals surface area contributed by atoms with E-state index in [9.17, 15) is 27.1 Å². The van der Waals surface area contributed by atoms with Crippen LogP contribution < -0.4 is 20.1 Å². The summed E-state index contributed by atoms with van der Waals surface area (Å²) in [6.07, 6.45) is -0.861. The van der Waals surface area contributed by atoms with E-state index in [1.54, 1.807) is 6.07 Å². The summed E-state index contributed by atoms with van der Waals surface area (Å²) < 4.78 is 63.3. The first-order valence-corrected chi connectivity index (χ1v) is 13.4. The molecule has 0 aliphatic heterocycles. The van der Waals surface area contributed by atoms with Gasteiger partial charge in [0.2, 0.25) is 0 Å². The van der Waals surface area contributed by atoms with Crippen LogP contribution in [0.1, 0.15) is 17.3 Å². The van der Waals surface area contributed by atoms with Gasteiger partial charge in [-0.15, -0.1) is 0 Å². The Labute approximate surface area is 227 Å². The number of amides is 1. The van der Waals surface area contributed by atoms with Gasteiger partial charge in [-0.05, 0) is 65.9 Å². The molecule has 13 heteroatoms. The lowest BCUT2D eigenvalue weighted by atomic mass is 10.1. The lowest BCUT2D eigenvalue weighted by Gasteiger charge is -2.18. The highest BCUT2D eigenvalue weighted by Gasteiger charge is 2.22. The van der Waals surface area contributed by atoms with Gasteiger partial charge in [0.1, 0.15) is 28.7 Å². The van der Waals surface area contributed by atoms with E-state index in [0.717, 1.165) is 16.4 Å². The van der Waals surface area contributed by atoms with Crippen LogP contribution in [0.5, 0.6) is 11.5 Å². The first-order chi connectivity index (χ1) is 17.4. The van der Waals surface area contributed by atoms with Crippen molar-refractivity contribution in [2.45, 2.75) is 13.0 Å². The smallest absolute Gasteiger partial charge is 0.301 e. The molecule has 198 valence electrons. The van der Waals surface area contributed by atoms with Crippen molar-refractivity contribution in [1.29, 1.82) is 0 Å². The first kappa shape index (κ1) is 28.6. The van der Waals surface area contributed by atoms with Crippen LogP contribution in [0.3, 0.4) is 0 Å². The number of benzene rings is 3. The zero-order valence-electron chi connectivity index (χ0n) is 20.1. The third kappa shape index (κ3) is 7.74. The van der Waals surface area contributed by atoms with Crippen LogP contribution in [0.4, 0.5) is 25.8 Å². The highest BCUT2D eigenvalue weighted by molar-refractivity contribution is 14.1. The summed E-state index contributed by atoms with van der Waals surface area (Å²) in [5.74, 6) is -2.23. The van der Waals surface area contributed by atoms with Crippen LogP contribution in [-0.4, -0.2) is 50.5 Å². The van der Waals surface area contributed by atoms with Gasteiger partial charge in [-0.3, -0.25) is 9.52 Å². The number of halogens is 3. The number of aliphatic hydroxyl groups excluding tert-OH is 1. The predicted octanol–water partition coefficient (Wildman–Crippen LogP) is 4.43. The van der Waals surface area contributed by atoms with Gasteiger partial charge in [0.15, 0.2) is 0 Å². The summed E-state index contributed by atoms with van der Waals surface area (Å²) in [5, 5.41) is 14.9. The van der Waals surface area contributed by atoms with Crippen molar-refractivity contribution in [2.24, 2.45) is 0 Å². The largest absolute Gasteiger partial charge is 0.456 e. The number of aliphatic hydroxyl groups is 1. The van der Waals surface area contributed by atoms with Gasteiger partial charge in [0, 0.05) is 36.3 Å². The fourth-order valence-electron chi connectivity index (χ4n) is 3.05. The summed E-state index contributed by atoms with van der Waals surface area (Å²) in [6.45, 7) is 1.37. The first-order valence-electron chi connectivity index (χ1n) is 10.9. The molecule has 0 aliphatic rings. The van der Waals surface area contributed by atoms with E-state index in [1.165, 1.54) is 57.4 Å². The Morgan fingerprint density at radius 3 is 2.49 bits per heavy atom. The zero-order valence-corrected chi connectivity index (χ0v) is 23.0. The second-order valence-corrected chi connectivity index (χ2v) is 11.3. The molecule has 0 bridgehead atoms. The molecule has 1 amide bonds. The minimum Gasteiger partial charge on any atom is -0.456 e. The summed E-state index contributed by atoms with van der Waals surface area (Å²) >= 11 is 1.94. The van der Waals surface area contributed by atoms with E-state index in [2.05, 4.69) is 15.4 Å². The second kappa shape index (κ2) is 12.0. The highest BCUT2D eigenvalue weighted by atomic mass is 127. The van der Waals surface area contributed by atoms with Gasteiger partial charge in [0.25, 0.3) is 5.91 Å². The number of carbonyl (C=O) groups is 1. The number of anilines is 3. The predicted molar refractivity (Wildman–Crippen MR) is 146 cm³/mol. The van der Waals surface area contributed by atoms with Gasteiger partial charge in [-0.25, -0.2) is 8.78 Å². The van der Waals surface area contributed by atoms with E-state index in [4.69, 9.17) is 4.74 Å². The number of carbonyl (C=O) groups excluding carboxylic acids is 1. The number of nitrogens with zero attached hydrogens (tertiary/aromatic N) is 1. The molecule has 0 fully saturated rings. The average molecular weight is 646 g/mol. The maximum Gasteiger partial charge on any atom is 0.301 e. The third-order valence-corrected chi connectivity index (χ3v) is 6.97. The van der Waals surface area contributed by atoms with Crippen molar-refractivity contribution in [2.75, 3.05) is 30.7 Å². The molecular weight excluding hydrogens is 621 g/mol. The highest BCUT2D eigenvalue weighted by Crippen LogP contribution is 2.35. The topological polar surface area (TPSA) is 120 Å². The lowest BCUT2D eigenvalue weighted by Crippen LogP contribution is -2.31. The fourth-order valence-corrected chi connectivity index (χ4v) is 4.11. The van der Waals surface area contributed by atoms with Crippen LogP contribution in [0.25, 0.3) is 0 Å². The van der Waals surface area contributed by atoms with Crippen molar-refractivity contribution in [1.82, 2.24) is 9.62 Å². The Hall–Kier alpha value is -3.01. The molecule has 3 aromatic rings. The van der Waals surface area contributed by atoms with Crippen LogP contribution in [0, 0.1) is 15.2 Å². The van der Waals surface area contributed by atoms with Gasteiger partial charge in [-0.1, -0.05) is 6.07 Å². The Bertz CT molecular complexity index is 1400. The summed E-state index contributed by atoms with van der Waals surface area (Å²) in [6, 6.07) is 12.2. The van der Waals surface area contributed by atoms with Crippen molar-refractivity contribution in [3.63, 3.8) is 0 Å². The Balaban J connectivity index is 2.04. The molecule has 0 spiro atoms. The normalized spacial score (nSPS) is 12.2. The Morgan fingerprint density at radius 1 is 1.11 bits per heavy atom. The minimum atomic E-state index is -3.80. The lowest BCUT2D eigenvalue weighted by molar-refractivity contribution is 0.0922. The second-order valence-electron chi connectivity index (χ2n) is 8.15. The molecular formula is C24H25F2IN4O5S. The number of hydrogen-bond donors (Lipinski definition) is 4. The van der Waals surface area contributed by atoms with Crippen LogP contribution in [0.2, 0.25) is 0 Å². The summed E-state index contributed by atoms with van der Waals surface area (Å²) in [4.78, 5) is 13.1. The van der Waals surface area contributed by atoms with Gasteiger partial charge in [0.05, 0.1) is 23.2 Å². The maximum atomic E-state index is 14.7. The maximum absolute atomic E-state index is 14.7. The third-order valence-electron chi connectivity index (χ3n) is 4.84. The fraction of sp³-hybridized carbons (Fsp3) is 0.208. The molecule has 3 aromatic carbocycles. The molecule has 9 nitrogen and oxygen atoms in total. The number of hydrogen-bond acceptors (Lipinski definition) is 6. The molecule has 0 saturated heterocycles. The molecule has 0 aliphatic carbocycles. The zero-order chi connectivity index (χ0) is 27.3. The van der Waals surface area contributed by atoms with Crippen LogP contribution in [0.15, 0.2) is 54.6 Å². The molecule has 1 unspecified atom stereocenters. The minimum absolute atomic E-state index is 0.00151. The Morgan fingerprint density at radius 2 is 1.84 bits per heavy atom. The van der Waals surface area contributed by atoms with Gasteiger partial charge >= 0.3 is 10.2 Å². The number of nitrogens with one attached hydrogen (secondary N) is 3.